The normalized spacial score (nSPS) is 11.7. The van der Waals surface area contributed by atoms with Crippen LogP contribution in [0, 0.1) is 0 Å². The van der Waals surface area contributed by atoms with E-state index in [4.69, 9.17) is 28.8 Å². The Morgan fingerprint density at radius 3 is 1.85 bits per heavy atom. The Morgan fingerprint density at radius 1 is 0.370 bits per heavy atom. The number of rotatable bonds is 5. The summed E-state index contributed by atoms with van der Waals surface area (Å²) in [5.41, 5.74) is 8.15. The summed E-state index contributed by atoms with van der Waals surface area (Å²) < 4.78 is 13.2. The second-order valence-corrected chi connectivity index (χ2v) is 13.4. The van der Waals surface area contributed by atoms with Crippen LogP contribution in [-0.4, -0.2) is 19.9 Å². The van der Waals surface area contributed by atoms with E-state index in [0.717, 1.165) is 65.7 Å². The van der Waals surface area contributed by atoms with E-state index in [1.54, 1.807) is 0 Å². The van der Waals surface area contributed by atoms with Gasteiger partial charge >= 0.3 is 0 Å². The van der Waals surface area contributed by atoms with Gasteiger partial charge in [0.25, 0.3) is 0 Å². The van der Waals surface area contributed by atoms with Crippen molar-refractivity contribution in [3.63, 3.8) is 0 Å². The van der Waals surface area contributed by atoms with Gasteiger partial charge in [-0.25, -0.2) is 19.9 Å². The van der Waals surface area contributed by atoms with Crippen molar-refractivity contribution in [3.8, 4) is 56.7 Å². The first-order valence-electron chi connectivity index (χ1n) is 17.9. The highest BCUT2D eigenvalue weighted by Gasteiger charge is 2.25. The predicted molar refractivity (Wildman–Crippen MR) is 217 cm³/mol. The van der Waals surface area contributed by atoms with Crippen LogP contribution in [0.3, 0.4) is 0 Å². The van der Waals surface area contributed by atoms with Crippen LogP contribution in [0.4, 0.5) is 0 Å². The standard InChI is InChI=1S/C48H28N4O2/c1-3-15-31(16-4-1)41-35-20-10-9-14-30(35)25-26-37(41)46-50-45(34-24-23-29-13-7-8-19-33(29)27-34)51-47(52-46)43-42-36-21-11-12-22-39(36)53-40(42)28-38-44(43)54-48(49-38)32-17-5-2-6-18-32/h1-28H. The molecule has 6 heteroatoms. The second-order valence-electron chi connectivity index (χ2n) is 13.4. The van der Waals surface area contributed by atoms with Crippen LogP contribution in [0.15, 0.2) is 179 Å². The van der Waals surface area contributed by atoms with Crippen molar-refractivity contribution in [2.24, 2.45) is 0 Å². The third kappa shape index (κ3) is 4.89. The number of furan rings is 1. The topological polar surface area (TPSA) is 77.8 Å². The van der Waals surface area contributed by atoms with Crippen LogP contribution < -0.4 is 0 Å². The monoisotopic (exact) mass is 692 g/mol. The van der Waals surface area contributed by atoms with E-state index in [9.17, 15) is 0 Å². The lowest BCUT2D eigenvalue weighted by Crippen LogP contribution is -2.02. The van der Waals surface area contributed by atoms with Crippen molar-refractivity contribution < 1.29 is 8.83 Å². The number of oxazole rings is 1. The first-order valence-corrected chi connectivity index (χ1v) is 17.9. The van der Waals surface area contributed by atoms with Gasteiger partial charge in [0, 0.05) is 39.1 Å². The molecule has 0 aliphatic rings. The molecule has 54 heavy (non-hydrogen) atoms. The summed E-state index contributed by atoms with van der Waals surface area (Å²) in [5, 5.41) is 6.29. The van der Waals surface area contributed by atoms with Gasteiger partial charge in [-0.15, -0.1) is 0 Å². The third-order valence-corrected chi connectivity index (χ3v) is 10.1. The van der Waals surface area contributed by atoms with Gasteiger partial charge in [0.15, 0.2) is 23.1 Å². The first kappa shape index (κ1) is 30.2. The molecule has 0 bridgehead atoms. The van der Waals surface area contributed by atoms with Crippen molar-refractivity contribution >= 4 is 54.6 Å². The van der Waals surface area contributed by atoms with Crippen LogP contribution in [0.25, 0.3) is 111 Å². The molecular weight excluding hydrogens is 665 g/mol. The van der Waals surface area contributed by atoms with Crippen LogP contribution in [0.1, 0.15) is 0 Å². The van der Waals surface area contributed by atoms with Gasteiger partial charge in [0.1, 0.15) is 16.7 Å². The molecule has 0 radical (unpaired) electrons. The van der Waals surface area contributed by atoms with E-state index >= 15 is 0 Å². The molecule has 252 valence electrons. The molecule has 0 fully saturated rings. The van der Waals surface area contributed by atoms with Crippen LogP contribution in [0.2, 0.25) is 0 Å². The molecule has 0 amide bonds. The maximum absolute atomic E-state index is 6.71. The summed E-state index contributed by atoms with van der Waals surface area (Å²) in [5.74, 6) is 2.07. The minimum atomic E-state index is 0.466. The average Bonchev–Trinajstić information content (AvgIpc) is 3.84. The lowest BCUT2D eigenvalue weighted by Gasteiger charge is -2.15. The van der Waals surface area contributed by atoms with Gasteiger partial charge in [0.2, 0.25) is 5.89 Å². The molecule has 0 aliphatic carbocycles. The number of hydrogen-bond acceptors (Lipinski definition) is 6. The molecular formula is C48H28N4O2. The highest BCUT2D eigenvalue weighted by molar-refractivity contribution is 6.18. The summed E-state index contributed by atoms with van der Waals surface area (Å²) in [6.45, 7) is 0. The van der Waals surface area contributed by atoms with Gasteiger partial charge in [-0.1, -0.05) is 133 Å². The molecule has 0 N–H and O–H groups in total. The van der Waals surface area contributed by atoms with E-state index in [-0.39, 0.29) is 0 Å². The minimum Gasteiger partial charge on any atom is -0.456 e. The predicted octanol–water partition coefficient (Wildman–Crippen LogP) is 12.6. The number of aromatic nitrogens is 4. The van der Waals surface area contributed by atoms with E-state index < -0.39 is 0 Å². The number of benzene rings is 8. The van der Waals surface area contributed by atoms with Crippen molar-refractivity contribution in [3.05, 3.63) is 170 Å². The molecule has 0 atom stereocenters. The minimum absolute atomic E-state index is 0.466. The zero-order valence-electron chi connectivity index (χ0n) is 28.8. The summed E-state index contributed by atoms with van der Waals surface area (Å²) in [6, 6.07) is 57.7. The van der Waals surface area contributed by atoms with E-state index in [1.807, 2.05) is 72.8 Å². The Bertz CT molecular complexity index is 3220. The Hall–Kier alpha value is -7.44. The Balaban J connectivity index is 1.26. The zero-order valence-corrected chi connectivity index (χ0v) is 28.8. The highest BCUT2D eigenvalue weighted by Crippen LogP contribution is 2.44. The Labute approximate surface area is 309 Å². The van der Waals surface area contributed by atoms with Crippen LogP contribution >= 0.6 is 0 Å². The lowest BCUT2D eigenvalue weighted by molar-refractivity contribution is 0.620. The van der Waals surface area contributed by atoms with Crippen molar-refractivity contribution in [2.45, 2.75) is 0 Å². The van der Waals surface area contributed by atoms with Crippen LogP contribution in [-0.2, 0) is 0 Å². The van der Waals surface area contributed by atoms with E-state index in [2.05, 4.69) is 97.1 Å². The smallest absolute Gasteiger partial charge is 0.227 e. The van der Waals surface area contributed by atoms with Crippen molar-refractivity contribution in [2.75, 3.05) is 0 Å². The lowest BCUT2D eigenvalue weighted by atomic mass is 9.93. The molecule has 0 saturated carbocycles. The Morgan fingerprint density at radius 2 is 1.02 bits per heavy atom. The van der Waals surface area contributed by atoms with Gasteiger partial charge in [-0.3, -0.25) is 0 Å². The first-order chi connectivity index (χ1) is 26.7. The van der Waals surface area contributed by atoms with Gasteiger partial charge in [-0.2, -0.15) is 0 Å². The number of para-hydroxylation sites is 1. The second kappa shape index (κ2) is 12.1. The number of nitrogens with zero attached hydrogens (tertiary/aromatic N) is 4. The number of hydrogen-bond donors (Lipinski definition) is 0. The molecule has 3 heterocycles. The van der Waals surface area contributed by atoms with E-state index in [0.29, 0.717) is 45.6 Å². The summed E-state index contributed by atoms with van der Waals surface area (Å²) in [6.07, 6.45) is 0. The summed E-state index contributed by atoms with van der Waals surface area (Å²) in [7, 11) is 0. The fourth-order valence-electron chi connectivity index (χ4n) is 7.63. The molecule has 0 aliphatic heterocycles. The van der Waals surface area contributed by atoms with Gasteiger partial charge < -0.3 is 8.83 Å². The zero-order chi connectivity index (χ0) is 35.6. The maximum Gasteiger partial charge on any atom is 0.227 e. The molecule has 0 saturated heterocycles. The van der Waals surface area contributed by atoms with Crippen molar-refractivity contribution in [1.29, 1.82) is 0 Å². The maximum atomic E-state index is 6.71. The van der Waals surface area contributed by atoms with Gasteiger partial charge in [0.05, 0.1) is 5.56 Å². The molecule has 0 unspecified atom stereocenters. The molecule has 11 rings (SSSR count). The third-order valence-electron chi connectivity index (χ3n) is 10.1. The highest BCUT2D eigenvalue weighted by atomic mass is 16.4. The molecule has 3 aromatic heterocycles. The van der Waals surface area contributed by atoms with Crippen LogP contribution in [0.5, 0.6) is 0 Å². The molecule has 8 aromatic carbocycles. The van der Waals surface area contributed by atoms with E-state index in [1.165, 1.54) is 0 Å². The SMILES string of the molecule is c1ccc(-c2nc3cc4oc5ccccc5c4c(-c4nc(-c5ccc6ccccc6c5)nc(-c5ccc6ccccc6c5-c5ccccc5)n4)c3o2)cc1. The molecule has 6 nitrogen and oxygen atoms in total. The molecule has 11 aromatic rings. The van der Waals surface area contributed by atoms with Crippen molar-refractivity contribution in [1.82, 2.24) is 19.9 Å². The largest absolute Gasteiger partial charge is 0.456 e. The summed E-state index contributed by atoms with van der Waals surface area (Å²) >= 11 is 0. The molecule has 0 spiro atoms. The van der Waals surface area contributed by atoms with Gasteiger partial charge in [-0.05, 0) is 57.4 Å². The Kier molecular flexibility index (Phi) is 6.75. The quantitative estimate of drug-likeness (QED) is 0.179. The summed E-state index contributed by atoms with van der Waals surface area (Å²) in [4.78, 5) is 20.9. The number of fused-ring (bicyclic) bond motifs is 6. The fourth-order valence-corrected chi connectivity index (χ4v) is 7.63. The fraction of sp³-hybridized carbons (Fsp3) is 0. The average molecular weight is 693 g/mol.